The Balaban J connectivity index is 3.50. The summed E-state index contributed by atoms with van der Waals surface area (Å²) in [6.07, 6.45) is 0.535. The van der Waals surface area contributed by atoms with Crippen LogP contribution in [0.15, 0.2) is 11.1 Å². The zero-order valence-electron chi connectivity index (χ0n) is 3.09. The molecule has 0 atom stereocenters. The Morgan fingerprint density at radius 3 is 2.33 bits per heavy atom. The highest BCUT2D eigenvalue weighted by atomic mass is 32.1. The van der Waals surface area contributed by atoms with Gasteiger partial charge in [-0.3, -0.25) is 4.79 Å². The van der Waals surface area contributed by atoms with Crippen LogP contribution in [0.2, 0.25) is 0 Å². The maximum Gasteiger partial charge on any atom is 0.166 e. The van der Waals surface area contributed by atoms with Crippen LogP contribution >= 0.6 is 12.6 Å². The zero-order chi connectivity index (χ0) is 4.99. The average molecular weight is 103 g/mol. The van der Waals surface area contributed by atoms with Crippen LogP contribution in [0.5, 0.6) is 0 Å². The first kappa shape index (κ1) is 5.56. The van der Waals surface area contributed by atoms with Gasteiger partial charge in [-0.1, -0.05) is 0 Å². The lowest BCUT2D eigenvalue weighted by atomic mass is 10.6. The Kier molecular flexibility index (Phi) is 2.58. The first-order valence-electron chi connectivity index (χ1n) is 1.36. The van der Waals surface area contributed by atoms with Gasteiger partial charge in [-0.15, -0.1) is 12.6 Å². The largest absolute Gasteiger partial charge is 0.396 e. The number of aldehydes is 1. The molecule has 2 N–H and O–H groups in total. The summed E-state index contributed by atoms with van der Waals surface area (Å²) in [6.45, 7) is 0. The predicted molar refractivity (Wildman–Crippen MR) is 27.3 cm³/mol. The third kappa shape index (κ3) is 1.84. The van der Waals surface area contributed by atoms with Gasteiger partial charge < -0.3 is 5.73 Å². The van der Waals surface area contributed by atoms with Crippen molar-refractivity contribution in [1.82, 2.24) is 0 Å². The fraction of sp³-hybridized carbons (Fsp3) is 0. The molecular formula is C3H5NOS. The summed E-state index contributed by atoms with van der Waals surface area (Å²) in [6, 6.07) is 0. The second kappa shape index (κ2) is 2.78. The molecule has 3 heteroatoms. The number of hydrogen-bond acceptors (Lipinski definition) is 3. The van der Waals surface area contributed by atoms with Gasteiger partial charge in [-0.2, -0.15) is 0 Å². The van der Waals surface area contributed by atoms with Crippen LogP contribution in [0.3, 0.4) is 0 Å². The van der Waals surface area contributed by atoms with Crippen LogP contribution in [0.25, 0.3) is 0 Å². The van der Waals surface area contributed by atoms with E-state index in [1.165, 1.54) is 5.41 Å². The van der Waals surface area contributed by atoms with Crippen molar-refractivity contribution in [3.8, 4) is 0 Å². The van der Waals surface area contributed by atoms with Crippen LogP contribution in [-0.2, 0) is 4.79 Å². The second-order valence-corrected chi connectivity index (χ2v) is 1.01. The Morgan fingerprint density at radius 2 is 2.33 bits per heavy atom. The summed E-state index contributed by atoms with van der Waals surface area (Å²) >= 11 is 3.58. The van der Waals surface area contributed by atoms with E-state index in [0.29, 0.717) is 6.29 Å². The van der Waals surface area contributed by atoms with Crippen molar-refractivity contribution in [2.45, 2.75) is 0 Å². The highest BCUT2D eigenvalue weighted by molar-refractivity contribution is 7.83. The monoisotopic (exact) mass is 103 g/mol. The number of allylic oxidation sites excluding steroid dienone is 1. The maximum atomic E-state index is 9.49. The number of hydrogen-bond donors (Lipinski definition) is 2. The van der Waals surface area contributed by atoms with Crippen molar-refractivity contribution in [1.29, 1.82) is 0 Å². The van der Waals surface area contributed by atoms with Crippen molar-refractivity contribution in [3.63, 3.8) is 0 Å². The van der Waals surface area contributed by atoms with Gasteiger partial charge in [0.1, 0.15) is 0 Å². The summed E-state index contributed by atoms with van der Waals surface area (Å²) in [5.74, 6) is 0. The molecule has 0 saturated heterocycles. The highest BCUT2D eigenvalue weighted by Gasteiger charge is 1.73. The molecular weight excluding hydrogens is 98.1 g/mol. The lowest BCUT2D eigenvalue weighted by Crippen LogP contribution is -1.94. The number of carbonyl (C=O) groups is 1. The Bertz CT molecular complexity index is 78.9. The van der Waals surface area contributed by atoms with E-state index in [-0.39, 0.29) is 5.70 Å². The molecule has 0 rings (SSSR count). The van der Waals surface area contributed by atoms with Gasteiger partial charge in [-0.05, 0) is 5.41 Å². The number of nitrogens with two attached hydrogens (primary N) is 1. The van der Waals surface area contributed by atoms with Crippen molar-refractivity contribution in [3.05, 3.63) is 11.1 Å². The molecule has 0 aliphatic heterocycles. The molecule has 0 fully saturated rings. The molecule has 6 heavy (non-hydrogen) atoms. The molecule has 0 saturated carbocycles. The van der Waals surface area contributed by atoms with E-state index in [2.05, 4.69) is 12.6 Å². The standard InChI is InChI=1S/C3H5NOS/c4-3(1-5)2-6/h1-2,6H,4H2/b3-2+. The van der Waals surface area contributed by atoms with Gasteiger partial charge in [0.15, 0.2) is 6.29 Å². The van der Waals surface area contributed by atoms with Gasteiger partial charge in [0, 0.05) is 0 Å². The molecule has 0 amide bonds. The second-order valence-electron chi connectivity index (χ2n) is 0.747. The molecule has 2 nitrogen and oxygen atoms in total. The Hall–Kier alpha value is -0.440. The molecule has 0 aliphatic carbocycles. The third-order valence-electron chi connectivity index (χ3n) is 0.285. The molecule has 0 aromatic heterocycles. The molecule has 34 valence electrons. The quantitative estimate of drug-likeness (QED) is 0.277. The first-order valence-corrected chi connectivity index (χ1v) is 1.88. The van der Waals surface area contributed by atoms with Crippen molar-refractivity contribution >= 4 is 18.9 Å². The van der Waals surface area contributed by atoms with Gasteiger partial charge in [0.2, 0.25) is 0 Å². The summed E-state index contributed by atoms with van der Waals surface area (Å²) in [4.78, 5) is 9.49. The van der Waals surface area contributed by atoms with Gasteiger partial charge in [0.25, 0.3) is 0 Å². The molecule has 0 aromatic carbocycles. The van der Waals surface area contributed by atoms with E-state index >= 15 is 0 Å². The average Bonchev–Trinajstić information content (AvgIpc) is 1.65. The number of carbonyl (C=O) groups excluding carboxylic acids is 1. The summed E-state index contributed by atoms with van der Waals surface area (Å²) in [5, 5.41) is 1.24. The highest BCUT2D eigenvalue weighted by Crippen LogP contribution is 1.77. The summed E-state index contributed by atoms with van der Waals surface area (Å²) in [7, 11) is 0. The van der Waals surface area contributed by atoms with E-state index in [1.807, 2.05) is 0 Å². The van der Waals surface area contributed by atoms with E-state index in [1.54, 1.807) is 0 Å². The molecule has 0 bridgehead atoms. The normalized spacial score (nSPS) is 11.2. The first-order chi connectivity index (χ1) is 2.81. The van der Waals surface area contributed by atoms with Crippen LogP contribution in [0, 0.1) is 0 Å². The maximum absolute atomic E-state index is 9.49. The third-order valence-corrected chi connectivity index (χ3v) is 0.583. The van der Waals surface area contributed by atoms with Crippen LogP contribution in [0.1, 0.15) is 0 Å². The molecule has 0 aromatic rings. The van der Waals surface area contributed by atoms with Crippen molar-refractivity contribution in [2.75, 3.05) is 0 Å². The zero-order valence-corrected chi connectivity index (χ0v) is 3.98. The van der Waals surface area contributed by atoms with E-state index in [0.717, 1.165) is 0 Å². The molecule has 0 aliphatic rings. The van der Waals surface area contributed by atoms with E-state index in [9.17, 15) is 4.79 Å². The van der Waals surface area contributed by atoms with Crippen molar-refractivity contribution < 1.29 is 4.79 Å². The predicted octanol–water partition coefficient (Wildman–Crippen LogP) is -0.0848. The number of rotatable bonds is 1. The summed E-state index contributed by atoms with van der Waals surface area (Å²) in [5.41, 5.74) is 5.04. The van der Waals surface area contributed by atoms with Crippen LogP contribution in [0.4, 0.5) is 0 Å². The smallest absolute Gasteiger partial charge is 0.166 e. The molecule has 0 radical (unpaired) electrons. The van der Waals surface area contributed by atoms with Crippen LogP contribution in [-0.4, -0.2) is 6.29 Å². The van der Waals surface area contributed by atoms with E-state index in [4.69, 9.17) is 5.73 Å². The molecule has 0 spiro atoms. The lowest BCUT2D eigenvalue weighted by Gasteiger charge is -1.75. The minimum atomic E-state index is 0.151. The summed E-state index contributed by atoms with van der Waals surface area (Å²) < 4.78 is 0. The Labute approximate surface area is 41.4 Å². The van der Waals surface area contributed by atoms with Gasteiger partial charge in [-0.25, -0.2) is 0 Å². The lowest BCUT2D eigenvalue weighted by molar-refractivity contribution is -0.104. The Morgan fingerprint density at radius 1 is 1.83 bits per heavy atom. The fourth-order valence-electron chi connectivity index (χ4n) is 0.0304. The molecule has 0 heterocycles. The fourth-order valence-corrected chi connectivity index (χ4v) is 0.0913. The van der Waals surface area contributed by atoms with Gasteiger partial charge >= 0.3 is 0 Å². The van der Waals surface area contributed by atoms with E-state index < -0.39 is 0 Å². The van der Waals surface area contributed by atoms with Gasteiger partial charge in [0.05, 0.1) is 5.70 Å². The molecule has 0 unspecified atom stereocenters. The SMILES string of the molecule is N/C(C=O)=C/S. The van der Waals surface area contributed by atoms with Crippen molar-refractivity contribution in [2.24, 2.45) is 5.73 Å². The minimum absolute atomic E-state index is 0.151. The minimum Gasteiger partial charge on any atom is -0.396 e. The topological polar surface area (TPSA) is 43.1 Å². The van der Waals surface area contributed by atoms with Crippen LogP contribution < -0.4 is 5.73 Å². The number of thiol groups is 1.